The highest BCUT2D eigenvalue weighted by Crippen LogP contribution is 2.25. The molecule has 0 spiro atoms. The number of hydrogen-bond acceptors (Lipinski definition) is 2. The number of thiocarbonyl (C=S) groups is 1. The lowest BCUT2D eigenvalue weighted by molar-refractivity contribution is -0.125. The van der Waals surface area contributed by atoms with Crippen LogP contribution in [0, 0.1) is 5.92 Å². The van der Waals surface area contributed by atoms with Gasteiger partial charge in [-0.2, -0.15) is 0 Å². The first-order valence-corrected chi connectivity index (χ1v) is 6.82. The van der Waals surface area contributed by atoms with Gasteiger partial charge < -0.3 is 15.5 Å². The van der Waals surface area contributed by atoms with Crippen molar-refractivity contribution in [2.24, 2.45) is 5.92 Å². The highest BCUT2D eigenvalue weighted by Gasteiger charge is 2.34. The quantitative estimate of drug-likeness (QED) is 0.683. The van der Waals surface area contributed by atoms with Crippen LogP contribution < -0.4 is 10.6 Å². The molecule has 0 aromatic rings. The fourth-order valence-electron chi connectivity index (χ4n) is 2.63. The van der Waals surface area contributed by atoms with Crippen molar-refractivity contribution < 1.29 is 4.79 Å². The van der Waals surface area contributed by atoms with Gasteiger partial charge in [0.15, 0.2) is 5.11 Å². The third-order valence-electron chi connectivity index (χ3n) is 3.52. The number of nitrogens with one attached hydrogen (secondary N) is 2. The molecule has 0 radical (unpaired) electrons. The SMILES string of the molecule is CC(C)NC(=S)N1CCC2NC(=O)CCC2C1. The van der Waals surface area contributed by atoms with E-state index in [4.69, 9.17) is 12.2 Å². The van der Waals surface area contributed by atoms with Crippen LogP contribution in [0.5, 0.6) is 0 Å². The summed E-state index contributed by atoms with van der Waals surface area (Å²) in [4.78, 5) is 13.6. The van der Waals surface area contributed by atoms with E-state index in [9.17, 15) is 4.79 Å². The van der Waals surface area contributed by atoms with Crippen LogP contribution in [-0.2, 0) is 4.79 Å². The molecule has 0 aromatic carbocycles. The van der Waals surface area contributed by atoms with Crippen LogP contribution >= 0.6 is 12.2 Å². The fraction of sp³-hybridized carbons (Fsp3) is 0.833. The standard InChI is InChI=1S/C12H21N3OS/c1-8(2)13-12(17)15-6-5-10-9(7-15)3-4-11(16)14-10/h8-10H,3-7H2,1-2H3,(H,13,17)(H,14,16). The van der Waals surface area contributed by atoms with Gasteiger partial charge in [0.05, 0.1) is 0 Å². The maximum Gasteiger partial charge on any atom is 0.220 e. The molecule has 5 heteroatoms. The molecule has 2 aliphatic rings. The zero-order valence-electron chi connectivity index (χ0n) is 10.5. The van der Waals surface area contributed by atoms with Gasteiger partial charge in [0.2, 0.25) is 5.91 Å². The average Bonchev–Trinajstić information content (AvgIpc) is 2.27. The fourth-order valence-corrected chi connectivity index (χ4v) is 3.03. The van der Waals surface area contributed by atoms with Gasteiger partial charge >= 0.3 is 0 Å². The lowest BCUT2D eigenvalue weighted by Gasteiger charge is -2.42. The first-order chi connectivity index (χ1) is 8.06. The molecule has 2 saturated heterocycles. The van der Waals surface area contributed by atoms with E-state index in [1.165, 1.54) is 0 Å². The normalized spacial score (nSPS) is 28.6. The maximum absolute atomic E-state index is 11.3. The molecule has 1 amide bonds. The lowest BCUT2D eigenvalue weighted by atomic mass is 9.85. The van der Waals surface area contributed by atoms with E-state index in [0.29, 0.717) is 24.4 Å². The Balaban J connectivity index is 1.89. The highest BCUT2D eigenvalue weighted by atomic mass is 32.1. The molecular weight excluding hydrogens is 234 g/mol. The summed E-state index contributed by atoms with van der Waals surface area (Å²) in [5, 5.41) is 7.23. The number of likely N-dealkylation sites (tertiary alicyclic amines) is 1. The minimum atomic E-state index is 0.211. The van der Waals surface area contributed by atoms with E-state index >= 15 is 0 Å². The number of piperidine rings is 2. The Morgan fingerprint density at radius 3 is 3.00 bits per heavy atom. The van der Waals surface area contributed by atoms with Crippen molar-refractivity contribution in [3.05, 3.63) is 0 Å². The number of fused-ring (bicyclic) bond motifs is 1. The molecule has 2 heterocycles. The summed E-state index contributed by atoms with van der Waals surface area (Å²) >= 11 is 5.39. The smallest absolute Gasteiger partial charge is 0.220 e. The average molecular weight is 255 g/mol. The Morgan fingerprint density at radius 2 is 2.29 bits per heavy atom. The van der Waals surface area contributed by atoms with Crippen LogP contribution in [0.2, 0.25) is 0 Å². The number of rotatable bonds is 1. The Hall–Kier alpha value is -0.840. The Kier molecular flexibility index (Phi) is 3.86. The van der Waals surface area contributed by atoms with Crippen molar-refractivity contribution in [2.45, 2.75) is 45.2 Å². The van der Waals surface area contributed by atoms with Gasteiger partial charge in [-0.3, -0.25) is 4.79 Å². The monoisotopic (exact) mass is 255 g/mol. The van der Waals surface area contributed by atoms with Crippen LogP contribution in [0.25, 0.3) is 0 Å². The first kappa shape index (κ1) is 12.6. The van der Waals surface area contributed by atoms with E-state index in [1.54, 1.807) is 0 Å². The Labute approximate surface area is 108 Å². The molecule has 2 N–H and O–H groups in total. The largest absolute Gasteiger partial charge is 0.360 e. The molecule has 2 aliphatic heterocycles. The van der Waals surface area contributed by atoms with Gasteiger partial charge in [0.25, 0.3) is 0 Å². The van der Waals surface area contributed by atoms with Crippen molar-refractivity contribution in [1.29, 1.82) is 0 Å². The molecular formula is C12H21N3OS. The zero-order valence-corrected chi connectivity index (χ0v) is 11.3. The molecule has 2 rings (SSSR count). The minimum absolute atomic E-state index is 0.211. The van der Waals surface area contributed by atoms with Crippen LogP contribution in [0.15, 0.2) is 0 Å². The van der Waals surface area contributed by atoms with Crippen LogP contribution in [0.4, 0.5) is 0 Å². The molecule has 4 nitrogen and oxygen atoms in total. The predicted octanol–water partition coefficient (Wildman–Crippen LogP) is 0.870. The van der Waals surface area contributed by atoms with Gasteiger partial charge in [-0.1, -0.05) is 0 Å². The third kappa shape index (κ3) is 3.09. The van der Waals surface area contributed by atoms with Crippen molar-refractivity contribution in [3.63, 3.8) is 0 Å². The summed E-state index contributed by atoms with van der Waals surface area (Å²) in [6.07, 6.45) is 2.67. The number of hydrogen-bond donors (Lipinski definition) is 2. The summed E-state index contributed by atoms with van der Waals surface area (Å²) in [5.74, 6) is 0.774. The van der Waals surface area contributed by atoms with E-state index < -0.39 is 0 Å². The van der Waals surface area contributed by atoms with Crippen molar-refractivity contribution >= 4 is 23.2 Å². The number of carbonyl (C=O) groups is 1. The van der Waals surface area contributed by atoms with Gasteiger partial charge in [-0.15, -0.1) is 0 Å². The summed E-state index contributed by atoms with van der Waals surface area (Å²) in [6, 6.07) is 0.751. The maximum atomic E-state index is 11.3. The lowest BCUT2D eigenvalue weighted by Crippen LogP contribution is -2.57. The van der Waals surface area contributed by atoms with Gasteiger partial charge in [-0.25, -0.2) is 0 Å². The molecule has 2 unspecified atom stereocenters. The molecule has 0 saturated carbocycles. The van der Waals surface area contributed by atoms with Gasteiger partial charge in [-0.05, 0) is 44.8 Å². The second-order valence-electron chi connectivity index (χ2n) is 5.31. The molecule has 0 aromatic heterocycles. The van der Waals surface area contributed by atoms with Gasteiger partial charge in [0.1, 0.15) is 0 Å². The number of amides is 1. The van der Waals surface area contributed by atoms with E-state index in [0.717, 1.165) is 31.0 Å². The summed E-state index contributed by atoms with van der Waals surface area (Å²) < 4.78 is 0. The van der Waals surface area contributed by atoms with Crippen molar-refractivity contribution in [2.75, 3.05) is 13.1 Å². The second-order valence-corrected chi connectivity index (χ2v) is 5.70. The summed E-state index contributed by atoms with van der Waals surface area (Å²) in [5.41, 5.74) is 0. The number of nitrogens with zero attached hydrogens (tertiary/aromatic N) is 1. The van der Waals surface area contributed by atoms with Crippen LogP contribution in [0.1, 0.15) is 33.1 Å². The molecule has 0 aliphatic carbocycles. The van der Waals surface area contributed by atoms with E-state index in [2.05, 4.69) is 29.4 Å². The summed E-state index contributed by atoms with van der Waals surface area (Å²) in [6.45, 7) is 6.11. The molecule has 0 bridgehead atoms. The van der Waals surface area contributed by atoms with E-state index in [1.807, 2.05) is 0 Å². The van der Waals surface area contributed by atoms with Gasteiger partial charge in [0, 0.05) is 31.6 Å². The van der Waals surface area contributed by atoms with E-state index in [-0.39, 0.29) is 5.91 Å². The summed E-state index contributed by atoms with van der Waals surface area (Å²) in [7, 11) is 0. The molecule has 96 valence electrons. The molecule has 17 heavy (non-hydrogen) atoms. The van der Waals surface area contributed by atoms with Crippen LogP contribution in [-0.4, -0.2) is 41.1 Å². The van der Waals surface area contributed by atoms with Crippen molar-refractivity contribution in [3.8, 4) is 0 Å². The minimum Gasteiger partial charge on any atom is -0.360 e. The first-order valence-electron chi connectivity index (χ1n) is 6.41. The molecule has 2 atom stereocenters. The number of carbonyl (C=O) groups excluding carboxylic acids is 1. The Bertz CT molecular complexity index is 319. The molecule has 2 fully saturated rings. The van der Waals surface area contributed by atoms with Crippen molar-refractivity contribution in [1.82, 2.24) is 15.5 Å². The topological polar surface area (TPSA) is 44.4 Å². The second kappa shape index (κ2) is 5.21. The van der Waals surface area contributed by atoms with Crippen LogP contribution in [0.3, 0.4) is 0 Å². The highest BCUT2D eigenvalue weighted by molar-refractivity contribution is 7.80. The predicted molar refractivity (Wildman–Crippen MR) is 71.7 cm³/mol. The Morgan fingerprint density at radius 1 is 1.53 bits per heavy atom. The zero-order chi connectivity index (χ0) is 12.4. The third-order valence-corrected chi connectivity index (χ3v) is 3.90.